The van der Waals surface area contributed by atoms with Crippen LogP contribution in [0.25, 0.3) is 0 Å². The highest BCUT2D eigenvalue weighted by molar-refractivity contribution is 9.10. The van der Waals surface area contributed by atoms with Crippen LogP contribution in [0, 0.1) is 0 Å². The quantitative estimate of drug-likeness (QED) is 0.889. The zero-order valence-electron chi connectivity index (χ0n) is 8.67. The Kier molecular flexibility index (Phi) is 2.02. The smallest absolute Gasteiger partial charge is 0.0658 e. The minimum absolute atomic E-state index is 0.311. The number of hydrogen-bond acceptors (Lipinski definition) is 1. The first-order valence-corrected chi connectivity index (χ1v) is 6.40. The topological polar surface area (TPSA) is 20.2 Å². The second-order valence-corrected chi connectivity index (χ2v) is 6.10. The zero-order chi connectivity index (χ0) is 10.5. The Morgan fingerprint density at radius 1 is 1.07 bits per heavy atom. The van der Waals surface area contributed by atoms with Gasteiger partial charge in [-0.2, -0.15) is 0 Å². The van der Waals surface area contributed by atoms with Crippen LogP contribution >= 0.6 is 15.9 Å². The second-order valence-electron chi connectivity index (χ2n) is 5.19. The van der Waals surface area contributed by atoms with Gasteiger partial charge in [0.05, 0.1) is 5.60 Å². The molecule has 0 unspecified atom stereocenters. The van der Waals surface area contributed by atoms with Crippen molar-refractivity contribution in [1.29, 1.82) is 0 Å². The molecule has 0 radical (unpaired) electrons. The van der Waals surface area contributed by atoms with Crippen molar-refractivity contribution in [1.82, 2.24) is 0 Å². The van der Waals surface area contributed by atoms with Crippen LogP contribution in [0.15, 0.2) is 28.7 Å². The van der Waals surface area contributed by atoms with E-state index in [2.05, 4.69) is 40.2 Å². The van der Waals surface area contributed by atoms with E-state index in [1.165, 1.54) is 18.4 Å². The van der Waals surface area contributed by atoms with Crippen LogP contribution in [0.5, 0.6) is 0 Å². The van der Waals surface area contributed by atoms with E-state index in [1.54, 1.807) is 0 Å². The van der Waals surface area contributed by atoms with E-state index in [1.807, 2.05) is 0 Å². The molecule has 0 aromatic heterocycles. The van der Waals surface area contributed by atoms with Gasteiger partial charge in [0.25, 0.3) is 0 Å². The van der Waals surface area contributed by atoms with Gasteiger partial charge < -0.3 is 5.11 Å². The number of halogens is 1. The minimum Gasteiger partial charge on any atom is -0.390 e. The Morgan fingerprint density at radius 3 is 2.13 bits per heavy atom. The Labute approximate surface area is 98.6 Å². The van der Waals surface area contributed by atoms with Gasteiger partial charge in [-0.25, -0.2) is 0 Å². The lowest BCUT2D eigenvalue weighted by molar-refractivity contribution is 0.127. The van der Waals surface area contributed by atoms with Gasteiger partial charge >= 0.3 is 0 Å². The average Bonchev–Trinajstić information content (AvgIpc) is 3.10. The average molecular weight is 267 g/mol. The molecule has 0 saturated heterocycles. The molecule has 1 N–H and O–H groups in total. The molecule has 1 nitrogen and oxygen atoms in total. The zero-order valence-corrected chi connectivity index (χ0v) is 10.3. The molecule has 2 fully saturated rings. The Morgan fingerprint density at radius 2 is 1.67 bits per heavy atom. The number of rotatable bonds is 3. The van der Waals surface area contributed by atoms with E-state index in [0.29, 0.717) is 5.41 Å². The molecule has 1 aromatic carbocycles. The molecule has 0 aliphatic heterocycles. The number of hydrogen-bond donors (Lipinski definition) is 1. The Hall–Kier alpha value is -0.340. The van der Waals surface area contributed by atoms with Gasteiger partial charge in [-0.15, -0.1) is 0 Å². The van der Waals surface area contributed by atoms with Gasteiger partial charge in [0.1, 0.15) is 0 Å². The normalized spacial score (nSPS) is 24.9. The lowest BCUT2D eigenvalue weighted by Gasteiger charge is -2.19. The predicted octanol–water partition coefficient (Wildman–Crippen LogP) is 3.40. The third-order valence-corrected chi connectivity index (χ3v) is 4.33. The van der Waals surface area contributed by atoms with Crippen LogP contribution in [-0.2, 0) is 5.41 Å². The van der Waals surface area contributed by atoms with Gasteiger partial charge in [0.15, 0.2) is 0 Å². The van der Waals surface area contributed by atoms with Crippen molar-refractivity contribution >= 4 is 15.9 Å². The predicted molar refractivity (Wildman–Crippen MR) is 63.9 cm³/mol. The van der Waals surface area contributed by atoms with Crippen molar-refractivity contribution in [3.63, 3.8) is 0 Å². The molecular weight excluding hydrogens is 252 g/mol. The molecular formula is C13H15BrO. The SMILES string of the molecule is OC1(CC2(c3ccc(Br)cc3)CC2)CC1. The van der Waals surface area contributed by atoms with Gasteiger partial charge in [-0.05, 0) is 55.2 Å². The van der Waals surface area contributed by atoms with Crippen molar-refractivity contribution in [3.8, 4) is 0 Å². The first kappa shape index (κ1) is 9.86. The fourth-order valence-corrected chi connectivity index (χ4v) is 2.74. The number of benzene rings is 1. The third kappa shape index (κ3) is 1.85. The van der Waals surface area contributed by atoms with Crippen LogP contribution < -0.4 is 0 Å². The summed E-state index contributed by atoms with van der Waals surface area (Å²) < 4.78 is 1.13. The first-order valence-electron chi connectivity index (χ1n) is 5.61. The summed E-state index contributed by atoms with van der Waals surface area (Å²) in [6.07, 6.45) is 5.48. The van der Waals surface area contributed by atoms with Crippen LogP contribution in [-0.4, -0.2) is 10.7 Å². The summed E-state index contributed by atoms with van der Waals surface area (Å²) >= 11 is 3.46. The first-order chi connectivity index (χ1) is 7.12. The molecule has 1 aromatic rings. The monoisotopic (exact) mass is 266 g/mol. The summed E-state index contributed by atoms with van der Waals surface area (Å²) in [4.78, 5) is 0. The molecule has 2 heteroatoms. The molecule has 0 bridgehead atoms. The molecule has 0 atom stereocenters. The highest BCUT2D eigenvalue weighted by Gasteiger charge is 2.53. The molecule has 0 spiro atoms. The maximum absolute atomic E-state index is 10.0. The van der Waals surface area contributed by atoms with Crippen molar-refractivity contribution < 1.29 is 5.11 Å². The minimum atomic E-state index is -0.316. The van der Waals surface area contributed by atoms with Crippen molar-refractivity contribution in [3.05, 3.63) is 34.3 Å². The molecule has 80 valence electrons. The van der Waals surface area contributed by atoms with E-state index < -0.39 is 0 Å². The Balaban J connectivity index is 1.83. The van der Waals surface area contributed by atoms with Crippen molar-refractivity contribution in [2.24, 2.45) is 0 Å². The molecule has 0 heterocycles. The summed E-state index contributed by atoms with van der Waals surface area (Å²) in [6, 6.07) is 8.60. The van der Waals surface area contributed by atoms with Crippen LogP contribution in [0.1, 0.15) is 37.7 Å². The fraction of sp³-hybridized carbons (Fsp3) is 0.538. The van der Waals surface area contributed by atoms with E-state index in [0.717, 1.165) is 23.7 Å². The Bertz CT molecular complexity index is 374. The summed E-state index contributed by atoms with van der Waals surface area (Å²) in [5.74, 6) is 0. The summed E-state index contributed by atoms with van der Waals surface area (Å²) in [7, 11) is 0. The van der Waals surface area contributed by atoms with E-state index >= 15 is 0 Å². The van der Waals surface area contributed by atoms with Gasteiger partial charge in [-0.1, -0.05) is 28.1 Å². The van der Waals surface area contributed by atoms with E-state index in [9.17, 15) is 5.11 Å². The highest BCUT2D eigenvalue weighted by atomic mass is 79.9. The van der Waals surface area contributed by atoms with Crippen LogP contribution in [0.2, 0.25) is 0 Å². The van der Waals surface area contributed by atoms with Gasteiger partial charge in [0, 0.05) is 4.47 Å². The van der Waals surface area contributed by atoms with Crippen LogP contribution in [0.4, 0.5) is 0 Å². The molecule has 2 aliphatic rings. The second kappa shape index (κ2) is 3.08. The van der Waals surface area contributed by atoms with E-state index in [-0.39, 0.29) is 5.60 Å². The number of aliphatic hydroxyl groups is 1. The maximum Gasteiger partial charge on any atom is 0.0658 e. The largest absolute Gasteiger partial charge is 0.390 e. The van der Waals surface area contributed by atoms with Gasteiger partial charge in [-0.3, -0.25) is 0 Å². The van der Waals surface area contributed by atoms with Crippen molar-refractivity contribution in [2.45, 2.75) is 43.1 Å². The van der Waals surface area contributed by atoms with Crippen LogP contribution in [0.3, 0.4) is 0 Å². The van der Waals surface area contributed by atoms with E-state index in [4.69, 9.17) is 0 Å². The summed E-state index contributed by atoms with van der Waals surface area (Å²) in [5.41, 5.74) is 1.40. The van der Waals surface area contributed by atoms with Crippen molar-refractivity contribution in [2.75, 3.05) is 0 Å². The molecule has 2 saturated carbocycles. The fourth-order valence-electron chi connectivity index (χ4n) is 2.47. The molecule has 3 rings (SSSR count). The highest BCUT2D eigenvalue weighted by Crippen LogP contribution is 2.57. The lowest BCUT2D eigenvalue weighted by atomic mass is 9.89. The maximum atomic E-state index is 10.0. The lowest BCUT2D eigenvalue weighted by Crippen LogP contribution is -2.18. The molecule has 0 amide bonds. The summed E-state index contributed by atoms with van der Waals surface area (Å²) in [6.45, 7) is 0. The standard InChI is InChI=1S/C13H15BrO/c14-11-3-1-10(2-4-11)12(5-6-12)9-13(15)7-8-13/h1-4,15H,5-9H2. The third-order valence-electron chi connectivity index (χ3n) is 3.80. The summed E-state index contributed by atoms with van der Waals surface area (Å²) in [5, 5.41) is 10.0. The van der Waals surface area contributed by atoms with Gasteiger partial charge in [0.2, 0.25) is 0 Å². The molecule has 2 aliphatic carbocycles. The molecule has 15 heavy (non-hydrogen) atoms.